The largest absolute Gasteiger partial charge is 0.481 e. The van der Waals surface area contributed by atoms with Crippen molar-refractivity contribution in [3.63, 3.8) is 0 Å². The fraction of sp³-hybridized carbons (Fsp3) is 0.667. The summed E-state index contributed by atoms with van der Waals surface area (Å²) < 4.78 is 0. The summed E-state index contributed by atoms with van der Waals surface area (Å²) in [6.45, 7) is 1.85. The Kier molecular flexibility index (Phi) is 3.36. The first-order valence-electron chi connectivity index (χ1n) is 7.44. The zero-order valence-electron chi connectivity index (χ0n) is 11.9. The molecule has 20 heavy (non-hydrogen) atoms. The minimum absolute atomic E-state index is 0.0478. The molecule has 0 bridgehead atoms. The Morgan fingerprint density at radius 3 is 3.00 bits per heavy atom. The SMILES string of the molecule is CC1(C(=O)O)CCCCC1Nc1ncnc2c1CCC2. The van der Waals surface area contributed by atoms with Crippen molar-refractivity contribution < 1.29 is 9.90 Å². The summed E-state index contributed by atoms with van der Waals surface area (Å²) in [5, 5.41) is 13.0. The average Bonchev–Trinajstić information content (AvgIpc) is 2.90. The normalized spacial score (nSPS) is 28.9. The molecule has 2 aliphatic carbocycles. The van der Waals surface area contributed by atoms with Crippen LogP contribution in [-0.4, -0.2) is 27.1 Å². The third-order valence-corrected chi connectivity index (χ3v) is 4.88. The number of hydrogen-bond acceptors (Lipinski definition) is 4. The van der Waals surface area contributed by atoms with E-state index in [0.29, 0.717) is 0 Å². The van der Waals surface area contributed by atoms with E-state index in [2.05, 4.69) is 15.3 Å². The maximum absolute atomic E-state index is 11.6. The summed E-state index contributed by atoms with van der Waals surface area (Å²) in [6, 6.07) is -0.0478. The Labute approximate surface area is 118 Å². The first kappa shape index (κ1) is 13.3. The van der Waals surface area contributed by atoms with Gasteiger partial charge in [0.15, 0.2) is 0 Å². The number of rotatable bonds is 3. The highest BCUT2D eigenvalue weighted by Crippen LogP contribution is 2.39. The van der Waals surface area contributed by atoms with Crippen LogP contribution in [0.1, 0.15) is 50.3 Å². The molecule has 1 aromatic heterocycles. The molecule has 0 amide bonds. The van der Waals surface area contributed by atoms with E-state index in [4.69, 9.17) is 0 Å². The molecule has 1 fully saturated rings. The van der Waals surface area contributed by atoms with Crippen LogP contribution in [0, 0.1) is 5.41 Å². The summed E-state index contributed by atoms with van der Waals surface area (Å²) in [7, 11) is 0. The second-order valence-electron chi connectivity index (χ2n) is 6.17. The van der Waals surface area contributed by atoms with Crippen LogP contribution in [-0.2, 0) is 17.6 Å². The number of aliphatic carboxylic acids is 1. The molecular formula is C15H21N3O2. The van der Waals surface area contributed by atoms with Gasteiger partial charge in [0.1, 0.15) is 12.1 Å². The molecule has 1 aromatic rings. The van der Waals surface area contributed by atoms with Gasteiger partial charge in [0.2, 0.25) is 0 Å². The zero-order chi connectivity index (χ0) is 14.2. The van der Waals surface area contributed by atoms with Crippen molar-refractivity contribution in [2.45, 2.75) is 57.9 Å². The van der Waals surface area contributed by atoms with Crippen molar-refractivity contribution in [3.8, 4) is 0 Å². The van der Waals surface area contributed by atoms with Crippen molar-refractivity contribution in [2.75, 3.05) is 5.32 Å². The number of anilines is 1. The first-order chi connectivity index (χ1) is 9.61. The van der Waals surface area contributed by atoms with Gasteiger partial charge in [-0.1, -0.05) is 12.8 Å². The third kappa shape index (κ3) is 2.15. The van der Waals surface area contributed by atoms with Crippen LogP contribution in [0.4, 0.5) is 5.82 Å². The van der Waals surface area contributed by atoms with Crippen molar-refractivity contribution in [2.24, 2.45) is 5.41 Å². The van der Waals surface area contributed by atoms with Gasteiger partial charge >= 0.3 is 5.97 Å². The van der Waals surface area contributed by atoms with Crippen molar-refractivity contribution >= 4 is 11.8 Å². The number of aryl methyl sites for hydroxylation is 1. The van der Waals surface area contributed by atoms with Gasteiger partial charge in [0, 0.05) is 17.3 Å². The molecule has 3 rings (SSSR count). The predicted molar refractivity (Wildman–Crippen MR) is 75.7 cm³/mol. The molecule has 0 aromatic carbocycles. The summed E-state index contributed by atoms with van der Waals surface area (Å²) in [4.78, 5) is 20.3. The smallest absolute Gasteiger partial charge is 0.311 e. The van der Waals surface area contributed by atoms with Gasteiger partial charge in [-0.25, -0.2) is 9.97 Å². The lowest BCUT2D eigenvalue weighted by molar-refractivity contribution is -0.150. The van der Waals surface area contributed by atoms with Crippen LogP contribution >= 0.6 is 0 Å². The number of carboxylic acids is 1. The van der Waals surface area contributed by atoms with E-state index in [1.165, 1.54) is 5.56 Å². The Bertz CT molecular complexity index is 532. The number of nitrogens with one attached hydrogen (secondary N) is 1. The quantitative estimate of drug-likeness (QED) is 0.886. The van der Waals surface area contributed by atoms with Crippen LogP contribution in [0.2, 0.25) is 0 Å². The van der Waals surface area contributed by atoms with Gasteiger partial charge in [0.05, 0.1) is 5.41 Å². The summed E-state index contributed by atoms with van der Waals surface area (Å²) >= 11 is 0. The van der Waals surface area contributed by atoms with Gasteiger partial charge in [-0.2, -0.15) is 0 Å². The first-order valence-corrected chi connectivity index (χ1v) is 7.44. The lowest BCUT2D eigenvalue weighted by Gasteiger charge is -2.38. The van der Waals surface area contributed by atoms with Gasteiger partial charge in [-0.3, -0.25) is 4.79 Å². The number of aromatic nitrogens is 2. The number of fused-ring (bicyclic) bond motifs is 1. The van der Waals surface area contributed by atoms with E-state index in [-0.39, 0.29) is 6.04 Å². The molecule has 108 valence electrons. The van der Waals surface area contributed by atoms with Gasteiger partial charge < -0.3 is 10.4 Å². The molecule has 0 spiro atoms. The monoisotopic (exact) mass is 275 g/mol. The molecule has 5 nitrogen and oxygen atoms in total. The molecule has 1 saturated carbocycles. The van der Waals surface area contributed by atoms with Crippen LogP contribution in [0.3, 0.4) is 0 Å². The maximum Gasteiger partial charge on any atom is 0.311 e. The fourth-order valence-electron chi connectivity index (χ4n) is 3.47. The highest BCUT2D eigenvalue weighted by atomic mass is 16.4. The van der Waals surface area contributed by atoms with Gasteiger partial charge in [-0.05, 0) is 39.0 Å². The lowest BCUT2D eigenvalue weighted by Crippen LogP contribution is -2.47. The average molecular weight is 275 g/mol. The number of nitrogens with zero attached hydrogens (tertiary/aromatic N) is 2. The van der Waals surface area contributed by atoms with Crippen molar-refractivity contribution in [1.29, 1.82) is 0 Å². The second kappa shape index (κ2) is 5.04. The zero-order valence-corrected chi connectivity index (χ0v) is 11.9. The van der Waals surface area contributed by atoms with Crippen LogP contribution in [0.25, 0.3) is 0 Å². The standard InChI is InChI=1S/C15H21N3O2/c1-15(14(19)20)8-3-2-7-12(15)18-13-10-5-4-6-11(10)16-9-17-13/h9,12H,2-8H2,1H3,(H,19,20)(H,16,17,18). The summed E-state index contributed by atoms with van der Waals surface area (Å²) in [5.74, 6) is 0.146. The highest BCUT2D eigenvalue weighted by Gasteiger charge is 2.43. The maximum atomic E-state index is 11.6. The fourth-order valence-corrected chi connectivity index (χ4v) is 3.47. The van der Waals surface area contributed by atoms with E-state index in [9.17, 15) is 9.90 Å². The van der Waals surface area contributed by atoms with Gasteiger partial charge in [0.25, 0.3) is 0 Å². The molecule has 2 aliphatic rings. The van der Waals surface area contributed by atoms with E-state index in [1.54, 1.807) is 6.33 Å². The molecule has 0 radical (unpaired) electrons. The molecule has 0 saturated heterocycles. The number of hydrogen-bond donors (Lipinski definition) is 2. The Hall–Kier alpha value is -1.65. The molecule has 1 heterocycles. The van der Waals surface area contributed by atoms with Crippen molar-refractivity contribution in [1.82, 2.24) is 9.97 Å². The summed E-state index contributed by atoms with van der Waals surface area (Å²) in [5.41, 5.74) is 1.61. The molecule has 0 aliphatic heterocycles. The molecular weight excluding hydrogens is 254 g/mol. The molecule has 2 unspecified atom stereocenters. The minimum Gasteiger partial charge on any atom is -0.481 e. The van der Waals surface area contributed by atoms with E-state index in [1.807, 2.05) is 6.92 Å². The topological polar surface area (TPSA) is 75.1 Å². The second-order valence-corrected chi connectivity index (χ2v) is 6.17. The molecule has 5 heteroatoms. The Balaban J connectivity index is 1.86. The minimum atomic E-state index is -0.708. The highest BCUT2D eigenvalue weighted by molar-refractivity contribution is 5.76. The Morgan fingerprint density at radius 2 is 2.20 bits per heavy atom. The Morgan fingerprint density at radius 1 is 1.35 bits per heavy atom. The third-order valence-electron chi connectivity index (χ3n) is 4.88. The van der Waals surface area contributed by atoms with Crippen LogP contribution in [0.5, 0.6) is 0 Å². The summed E-state index contributed by atoms with van der Waals surface area (Å²) in [6.07, 6.45) is 8.39. The number of carbonyl (C=O) groups is 1. The van der Waals surface area contributed by atoms with E-state index < -0.39 is 11.4 Å². The van der Waals surface area contributed by atoms with E-state index in [0.717, 1.165) is 56.5 Å². The lowest BCUT2D eigenvalue weighted by atomic mass is 9.71. The van der Waals surface area contributed by atoms with E-state index >= 15 is 0 Å². The van der Waals surface area contributed by atoms with Gasteiger partial charge in [-0.15, -0.1) is 0 Å². The van der Waals surface area contributed by atoms with Crippen LogP contribution < -0.4 is 5.32 Å². The van der Waals surface area contributed by atoms with Crippen LogP contribution in [0.15, 0.2) is 6.33 Å². The molecule has 2 atom stereocenters. The molecule has 2 N–H and O–H groups in total. The predicted octanol–water partition coefficient (Wildman–Crippen LogP) is 2.41. The van der Waals surface area contributed by atoms with Crippen molar-refractivity contribution in [3.05, 3.63) is 17.6 Å². The number of carboxylic acid groups (broad SMARTS) is 1.